The van der Waals surface area contributed by atoms with Gasteiger partial charge in [-0.25, -0.2) is 4.98 Å². The summed E-state index contributed by atoms with van der Waals surface area (Å²) in [6.45, 7) is 3.19. The van der Waals surface area contributed by atoms with Crippen LogP contribution < -0.4 is 4.90 Å². The molecule has 0 radical (unpaired) electrons. The predicted octanol–water partition coefficient (Wildman–Crippen LogP) is 5.00. The molecule has 31 heavy (non-hydrogen) atoms. The summed E-state index contributed by atoms with van der Waals surface area (Å²) in [6.07, 6.45) is 2.09. The molecular formula is C24H24N4O2S. The number of rotatable bonds is 7. The monoisotopic (exact) mass is 432 g/mol. The second kappa shape index (κ2) is 8.15. The van der Waals surface area contributed by atoms with Gasteiger partial charge in [0, 0.05) is 26.2 Å². The SMILES string of the molecule is Cc1nc(C(=O)N(CCN(C)c2nc3ccccc3o2)C2CC2)c(-c2ccccc2)s1. The van der Waals surface area contributed by atoms with Gasteiger partial charge in [-0.15, -0.1) is 11.3 Å². The van der Waals surface area contributed by atoms with Crippen LogP contribution in [-0.4, -0.2) is 47.0 Å². The summed E-state index contributed by atoms with van der Waals surface area (Å²) < 4.78 is 5.86. The lowest BCUT2D eigenvalue weighted by atomic mass is 10.1. The maximum atomic E-state index is 13.5. The van der Waals surface area contributed by atoms with Gasteiger partial charge in [-0.05, 0) is 37.5 Å². The lowest BCUT2D eigenvalue weighted by Crippen LogP contribution is -2.39. The summed E-state index contributed by atoms with van der Waals surface area (Å²) >= 11 is 1.57. The average Bonchev–Trinajstić information content (AvgIpc) is 3.40. The number of aryl methyl sites for hydroxylation is 1. The van der Waals surface area contributed by atoms with E-state index in [9.17, 15) is 4.79 Å². The number of likely N-dealkylation sites (N-methyl/N-ethyl adjacent to an activating group) is 1. The second-order valence-electron chi connectivity index (χ2n) is 7.89. The number of benzene rings is 2. The van der Waals surface area contributed by atoms with Crippen molar-refractivity contribution >= 4 is 34.4 Å². The van der Waals surface area contributed by atoms with Crippen LogP contribution in [0.4, 0.5) is 6.01 Å². The maximum Gasteiger partial charge on any atom is 0.298 e. The number of fused-ring (bicyclic) bond motifs is 1. The van der Waals surface area contributed by atoms with Gasteiger partial charge >= 0.3 is 0 Å². The number of oxazole rings is 1. The van der Waals surface area contributed by atoms with Gasteiger partial charge in [-0.2, -0.15) is 4.98 Å². The largest absolute Gasteiger partial charge is 0.423 e. The highest BCUT2D eigenvalue weighted by atomic mass is 32.1. The number of carbonyl (C=O) groups is 1. The number of amides is 1. The average molecular weight is 433 g/mol. The molecule has 1 saturated carbocycles. The van der Waals surface area contributed by atoms with Gasteiger partial charge in [-0.3, -0.25) is 4.79 Å². The number of hydrogen-bond donors (Lipinski definition) is 0. The number of aromatic nitrogens is 2. The summed E-state index contributed by atoms with van der Waals surface area (Å²) in [7, 11) is 1.95. The van der Waals surface area contributed by atoms with Gasteiger partial charge in [0.05, 0.1) is 9.88 Å². The fourth-order valence-corrected chi connectivity index (χ4v) is 4.62. The molecule has 2 aromatic carbocycles. The highest BCUT2D eigenvalue weighted by molar-refractivity contribution is 7.15. The number of para-hydroxylation sites is 2. The summed E-state index contributed by atoms with van der Waals surface area (Å²) in [5.41, 5.74) is 3.20. The molecule has 0 bridgehead atoms. The molecule has 0 atom stereocenters. The molecule has 1 aliphatic carbocycles. The van der Waals surface area contributed by atoms with Crippen molar-refractivity contribution in [2.45, 2.75) is 25.8 Å². The molecule has 5 rings (SSSR count). The molecule has 1 aliphatic rings. The quantitative estimate of drug-likeness (QED) is 0.411. The third kappa shape index (κ3) is 4.05. The summed E-state index contributed by atoms with van der Waals surface area (Å²) in [6, 6.07) is 18.6. The van der Waals surface area contributed by atoms with Crippen LogP contribution in [0.25, 0.3) is 21.5 Å². The van der Waals surface area contributed by atoms with Crippen LogP contribution in [-0.2, 0) is 0 Å². The zero-order valence-electron chi connectivity index (χ0n) is 17.6. The molecular weight excluding hydrogens is 408 g/mol. The van der Waals surface area contributed by atoms with Crippen LogP contribution in [0.15, 0.2) is 59.0 Å². The van der Waals surface area contributed by atoms with E-state index in [4.69, 9.17) is 4.42 Å². The number of carbonyl (C=O) groups excluding carboxylic acids is 1. The minimum absolute atomic E-state index is 0.0108. The Bertz CT molecular complexity index is 1180. The number of hydrogen-bond acceptors (Lipinski definition) is 6. The van der Waals surface area contributed by atoms with Crippen molar-refractivity contribution in [3.05, 3.63) is 65.3 Å². The van der Waals surface area contributed by atoms with Gasteiger partial charge < -0.3 is 14.2 Å². The van der Waals surface area contributed by atoms with Crippen LogP contribution in [0.3, 0.4) is 0 Å². The lowest BCUT2D eigenvalue weighted by molar-refractivity contribution is 0.0743. The Morgan fingerprint density at radius 3 is 2.55 bits per heavy atom. The maximum absolute atomic E-state index is 13.5. The van der Waals surface area contributed by atoms with Crippen LogP contribution in [0, 0.1) is 6.92 Å². The molecule has 6 nitrogen and oxygen atoms in total. The molecule has 2 aromatic heterocycles. The third-order valence-electron chi connectivity index (χ3n) is 5.51. The first kappa shape index (κ1) is 19.8. The van der Waals surface area contributed by atoms with Crippen molar-refractivity contribution in [3.8, 4) is 10.4 Å². The topological polar surface area (TPSA) is 62.5 Å². The van der Waals surface area contributed by atoms with E-state index in [1.54, 1.807) is 11.3 Å². The summed E-state index contributed by atoms with van der Waals surface area (Å²) in [5.74, 6) is 0.0108. The van der Waals surface area contributed by atoms with E-state index in [0.717, 1.165) is 39.4 Å². The lowest BCUT2D eigenvalue weighted by Gasteiger charge is -2.25. The highest BCUT2D eigenvalue weighted by Gasteiger charge is 2.35. The smallest absolute Gasteiger partial charge is 0.298 e. The molecule has 0 aliphatic heterocycles. The summed E-state index contributed by atoms with van der Waals surface area (Å²) in [5, 5.41) is 0.904. The molecule has 0 spiro atoms. The fourth-order valence-electron chi connectivity index (χ4n) is 3.71. The Kier molecular flexibility index (Phi) is 5.19. The van der Waals surface area contributed by atoms with Crippen molar-refractivity contribution in [3.63, 3.8) is 0 Å². The van der Waals surface area contributed by atoms with Crippen LogP contribution in [0.5, 0.6) is 0 Å². The van der Waals surface area contributed by atoms with E-state index in [1.807, 2.05) is 78.4 Å². The zero-order valence-corrected chi connectivity index (χ0v) is 18.4. The van der Waals surface area contributed by atoms with Gasteiger partial charge in [0.15, 0.2) is 5.58 Å². The molecule has 4 aromatic rings. The Morgan fingerprint density at radius 2 is 1.81 bits per heavy atom. The molecule has 7 heteroatoms. The van der Waals surface area contributed by atoms with E-state index in [0.29, 0.717) is 24.8 Å². The Hall–Kier alpha value is -3.19. The van der Waals surface area contributed by atoms with E-state index in [1.165, 1.54) is 0 Å². The minimum Gasteiger partial charge on any atom is -0.423 e. The normalized spacial score (nSPS) is 13.5. The second-order valence-corrected chi connectivity index (χ2v) is 9.10. The standard InChI is InChI=1S/C24H24N4O2S/c1-16-25-21(22(31-16)17-8-4-3-5-9-17)23(29)28(18-12-13-18)15-14-27(2)24-26-19-10-6-7-11-20(19)30-24/h3-11,18H,12-15H2,1-2H3. The van der Waals surface area contributed by atoms with Gasteiger partial charge in [0.2, 0.25) is 0 Å². The van der Waals surface area contributed by atoms with Gasteiger partial charge in [-0.1, -0.05) is 42.5 Å². The summed E-state index contributed by atoms with van der Waals surface area (Å²) in [4.78, 5) is 27.6. The van der Waals surface area contributed by atoms with Crippen molar-refractivity contribution in [1.82, 2.24) is 14.9 Å². The zero-order chi connectivity index (χ0) is 21.4. The first-order chi connectivity index (χ1) is 15.1. The van der Waals surface area contributed by atoms with Crippen molar-refractivity contribution in [1.29, 1.82) is 0 Å². The molecule has 1 amide bonds. The van der Waals surface area contributed by atoms with E-state index in [-0.39, 0.29) is 11.9 Å². The number of thiazole rings is 1. The highest BCUT2D eigenvalue weighted by Crippen LogP contribution is 2.34. The Balaban J connectivity index is 1.35. The molecule has 0 unspecified atom stereocenters. The van der Waals surface area contributed by atoms with Crippen LogP contribution >= 0.6 is 11.3 Å². The Morgan fingerprint density at radius 1 is 1.06 bits per heavy atom. The van der Waals surface area contributed by atoms with E-state index >= 15 is 0 Å². The first-order valence-electron chi connectivity index (χ1n) is 10.5. The van der Waals surface area contributed by atoms with Crippen LogP contribution in [0.1, 0.15) is 28.3 Å². The van der Waals surface area contributed by atoms with Crippen LogP contribution in [0.2, 0.25) is 0 Å². The third-order valence-corrected chi connectivity index (χ3v) is 6.53. The van der Waals surface area contributed by atoms with Crippen molar-refractivity contribution in [2.24, 2.45) is 0 Å². The molecule has 0 N–H and O–H groups in total. The van der Waals surface area contributed by atoms with Crippen molar-refractivity contribution < 1.29 is 9.21 Å². The van der Waals surface area contributed by atoms with E-state index in [2.05, 4.69) is 9.97 Å². The first-order valence-corrected chi connectivity index (χ1v) is 11.3. The molecule has 158 valence electrons. The molecule has 1 fully saturated rings. The number of nitrogens with zero attached hydrogens (tertiary/aromatic N) is 4. The van der Waals surface area contributed by atoms with Crippen molar-refractivity contribution in [2.75, 3.05) is 25.0 Å². The minimum atomic E-state index is 0.0108. The molecule has 2 heterocycles. The Labute approximate surface area is 185 Å². The van der Waals surface area contributed by atoms with E-state index < -0.39 is 0 Å². The predicted molar refractivity (Wildman–Crippen MR) is 124 cm³/mol. The van der Waals surface area contributed by atoms with Gasteiger partial charge in [0.25, 0.3) is 11.9 Å². The molecule has 0 saturated heterocycles. The van der Waals surface area contributed by atoms with Gasteiger partial charge in [0.1, 0.15) is 11.2 Å². The fraction of sp³-hybridized carbons (Fsp3) is 0.292. The number of anilines is 1.